The Morgan fingerprint density at radius 1 is 1.23 bits per heavy atom. The van der Waals surface area contributed by atoms with Crippen LogP contribution in [-0.2, 0) is 6.42 Å². The van der Waals surface area contributed by atoms with Gasteiger partial charge in [-0.25, -0.2) is 9.97 Å². The monoisotopic (exact) mass is 441 g/mol. The Morgan fingerprint density at radius 2 is 1.94 bits per heavy atom. The normalized spacial score (nSPS) is 17.2. The molecule has 162 valence electrons. The molecule has 0 spiro atoms. The van der Waals surface area contributed by atoms with E-state index in [1.807, 2.05) is 0 Å². The molecule has 1 aliphatic rings. The van der Waals surface area contributed by atoms with Crippen molar-refractivity contribution in [1.29, 1.82) is 0 Å². The van der Waals surface area contributed by atoms with Gasteiger partial charge >= 0.3 is 0 Å². The van der Waals surface area contributed by atoms with Crippen molar-refractivity contribution in [2.75, 3.05) is 24.7 Å². The molecule has 1 aromatic carbocycles. The predicted octanol–water partition coefficient (Wildman–Crippen LogP) is 2.41. The van der Waals surface area contributed by atoms with Gasteiger partial charge in [-0.1, -0.05) is 13.8 Å². The summed E-state index contributed by atoms with van der Waals surface area (Å²) in [5.41, 5.74) is 1.55. The maximum absolute atomic E-state index is 12.4. The van der Waals surface area contributed by atoms with E-state index in [-0.39, 0.29) is 40.0 Å². The van der Waals surface area contributed by atoms with Crippen molar-refractivity contribution in [2.24, 2.45) is 5.41 Å². The summed E-state index contributed by atoms with van der Waals surface area (Å²) in [6, 6.07) is 1.26. The molecular formula is C21H23N5O4S. The summed E-state index contributed by atoms with van der Waals surface area (Å²) in [6.45, 7) is 4.22. The van der Waals surface area contributed by atoms with Crippen molar-refractivity contribution in [3.8, 4) is 5.75 Å². The summed E-state index contributed by atoms with van der Waals surface area (Å²) in [6.07, 6.45) is 3.11. The zero-order valence-corrected chi connectivity index (χ0v) is 18.5. The van der Waals surface area contributed by atoms with Gasteiger partial charge in [0.15, 0.2) is 11.4 Å². The first-order chi connectivity index (χ1) is 14.6. The van der Waals surface area contributed by atoms with Gasteiger partial charge in [-0.2, -0.15) is 0 Å². The summed E-state index contributed by atoms with van der Waals surface area (Å²) < 4.78 is 0. The van der Waals surface area contributed by atoms with Crippen LogP contribution in [0.2, 0.25) is 0 Å². The molecule has 4 rings (SSSR count). The number of aromatic hydroxyl groups is 1. The van der Waals surface area contributed by atoms with Crippen molar-refractivity contribution >= 4 is 34.3 Å². The fraction of sp³-hybridized carbons (Fsp3) is 0.381. The first-order valence-electron chi connectivity index (χ1n) is 9.80. The van der Waals surface area contributed by atoms with Gasteiger partial charge in [-0.3, -0.25) is 14.4 Å². The highest BCUT2D eigenvalue weighted by atomic mass is 32.1. The number of carbonyl (C=O) groups is 1. The molecule has 10 heteroatoms. The molecule has 0 fully saturated rings. The van der Waals surface area contributed by atoms with Crippen LogP contribution < -0.4 is 21.5 Å². The molecule has 1 amide bonds. The first-order valence-corrected chi connectivity index (χ1v) is 10.7. The maximum atomic E-state index is 12.4. The van der Waals surface area contributed by atoms with E-state index in [4.69, 9.17) is 0 Å². The van der Waals surface area contributed by atoms with Crippen LogP contribution in [0.1, 0.15) is 47.4 Å². The third-order valence-electron chi connectivity index (χ3n) is 5.71. The number of anilines is 3. The number of nitrogens with one attached hydrogen (secondary N) is 2. The Hall–Kier alpha value is -3.27. The molecule has 2 heterocycles. The molecule has 1 aliphatic carbocycles. The van der Waals surface area contributed by atoms with Crippen LogP contribution in [0.4, 0.5) is 17.1 Å². The van der Waals surface area contributed by atoms with E-state index in [9.17, 15) is 19.5 Å². The first kappa shape index (κ1) is 21.0. The minimum absolute atomic E-state index is 0.0576. The molecule has 3 N–H and O–H groups in total. The summed E-state index contributed by atoms with van der Waals surface area (Å²) >= 11 is 1.53. The molecule has 0 bridgehead atoms. The maximum Gasteiger partial charge on any atom is 0.275 e. The van der Waals surface area contributed by atoms with E-state index in [1.54, 1.807) is 19.6 Å². The molecule has 0 saturated heterocycles. The lowest BCUT2D eigenvalue weighted by Crippen LogP contribution is -2.41. The van der Waals surface area contributed by atoms with Crippen LogP contribution in [0.5, 0.6) is 5.75 Å². The lowest BCUT2D eigenvalue weighted by atomic mass is 9.74. The number of fused-ring (bicyclic) bond motifs is 1. The third kappa shape index (κ3) is 3.46. The summed E-state index contributed by atoms with van der Waals surface area (Å²) in [5.74, 6) is -0.867. The summed E-state index contributed by atoms with van der Waals surface area (Å²) in [7, 11) is 3.09. The van der Waals surface area contributed by atoms with Gasteiger partial charge in [0.05, 0.1) is 27.8 Å². The van der Waals surface area contributed by atoms with Gasteiger partial charge in [-0.05, 0) is 24.3 Å². The largest absolute Gasteiger partial charge is 0.504 e. The van der Waals surface area contributed by atoms with Crippen molar-refractivity contribution in [3.63, 3.8) is 0 Å². The van der Waals surface area contributed by atoms with Gasteiger partial charge < -0.3 is 20.6 Å². The zero-order chi connectivity index (χ0) is 22.5. The van der Waals surface area contributed by atoms with Crippen LogP contribution in [0.3, 0.4) is 0 Å². The van der Waals surface area contributed by atoms with Crippen LogP contribution in [0.15, 0.2) is 27.4 Å². The predicted molar refractivity (Wildman–Crippen MR) is 119 cm³/mol. The highest BCUT2D eigenvalue weighted by Gasteiger charge is 2.39. The van der Waals surface area contributed by atoms with E-state index < -0.39 is 16.8 Å². The van der Waals surface area contributed by atoms with Crippen molar-refractivity contribution < 1.29 is 9.90 Å². The van der Waals surface area contributed by atoms with Crippen molar-refractivity contribution in [3.05, 3.63) is 54.5 Å². The molecule has 0 radical (unpaired) electrons. The molecule has 9 nitrogen and oxygen atoms in total. The van der Waals surface area contributed by atoms with E-state index in [1.165, 1.54) is 28.5 Å². The van der Waals surface area contributed by atoms with Crippen molar-refractivity contribution in [2.45, 2.75) is 32.7 Å². The number of nitrogens with zero attached hydrogens (tertiary/aromatic N) is 3. The quantitative estimate of drug-likeness (QED) is 0.516. The van der Waals surface area contributed by atoms with Crippen LogP contribution >= 0.6 is 11.3 Å². The number of aromatic nitrogens is 2. The van der Waals surface area contributed by atoms with Gasteiger partial charge in [-0.15, -0.1) is 11.3 Å². The fourth-order valence-corrected chi connectivity index (χ4v) is 4.85. The van der Waals surface area contributed by atoms with Crippen molar-refractivity contribution in [1.82, 2.24) is 14.9 Å². The van der Waals surface area contributed by atoms with Gasteiger partial charge in [0.2, 0.25) is 0 Å². The Balaban J connectivity index is 1.67. The highest BCUT2D eigenvalue weighted by Crippen LogP contribution is 2.47. The number of hydrogen-bond acceptors (Lipinski definition) is 9. The van der Waals surface area contributed by atoms with E-state index >= 15 is 0 Å². The van der Waals surface area contributed by atoms with Gasteiger partial charge in [0.25, 0.3) is 16.8 Å². The molecule has 3 aromatic rings. The third-order valence-corrected chi connectivity index (χ3v) is 6.65. The van der Waals surface area contributed by atoms with E-state index in [2.05, 4.69) is 34.4 Å². The highest BCUT2D eigenvalue weighted by molar-refractivity contribution is 7.09. The Kier molecular flexibility index (Phi) is 5.04. The zero-order valence-electron chi connectivity index (χ0n) is 17.6. The summed E-state index contributed by atoms with van der Waals surface area (Å²) in [5, 5.41) is 16.6. The average molecular weight is 442 g/mol. The second kappa shape index (κ2) is 7.45. The Morgan fingerprint density at radius 3 is 2.65 bits per heavy atom. The topological polar surface area (TPSA) is 125 Å². The van der Waals surface area contributed by atoms with Gasteiger partial charge in [0.1, 0.15) is 11.4 Å². The van der Waals surface area contributed by atoms with Crippen LogP contribution in [0.25, 0.3) is 0 Å². The Labute approximate surface area is 182 Å². The molecule has 2 aromatic heterocycles. The minimum atomic E-state index is -0.683. The Bertz CT molecular complexity index is 1240. The molecule has 1 atom stereocenters. The van der Waals surface area contributed by atoms with E-state index in [0.717, 1.165) is 23.4 Å². The number of hydrogen-bond donors (Lipinski definition) is 3. The molecule has 0 aliphatic heterocycles. The number of thiazole rings is 1. The number of pyridine rings is 1. The van der Waals surface area contributed by atoms with Gasteiger partial charge in [0, 0.05) is 20.3 Å². The number of rotatable bonds is 5. The lowest BCUT2D eigenvalue weighted by molar-refractivity contribution is 0.0819. The van der Waals surface area contributed by atoms with Crippen LogP contribution in [-0.4, -0.2) is 40.0 Å². The smallest absolute Gasteiger partial charge is 0.275 e. The van der Waals surface area contributed by atoms with E-state index in [0.29, 0.717) is 0 Å². The molecule has 31 heavy (non-hydrogen) atoms. The molecular weight excluding hydrogens is 418 g/mol. The number of carbonyl (C=O) groups excluding carboxylic acids is 1. The lowest BCUT2D eigenvalue weighted by Gasteiger charge is -2.39. The second-order valence-electron chi connectivity index (χ2n) is 8.52. The van der Waals surface area contributed by atoms with Crippen LogP contribution in [0, 0.1) is 5.41 Å². The fourth-order valence-electron chi connectivity index (χ4n) is 3.75. The SMILES string of the molecule is CN(C)C(=O)c1nccc(Nc2c(N[C@@H]3c4scnc4CCC3(C)C)c(=O)c2=O)c1O. The molecule has 0 unspecified atom stereocenters. The molecule has 0 saturated carbocycles. The second-order valence-corrected chi connectivity index (χ2v) is 9.40. The minimum Gasteiger partial charge on any atom is -0.504 e. The summed E-state index contributed by atoms with van der Waals surface area (Å²) in [4.78, 5) is 47.6. The number of aryl methyl sites for hydroxylation is 1. The standard InChI is InChI=1S/C21H23N5O4S/c1-21(2)7-5-11-18(31-9-23-11)19(21)25-13-12(16(28)17(13)29)24-10-6-8-22-14(15(10)27)20(30)26(3)4/h6,8-9,19,25,27H,5,7H2,1-4H3,(H,22,24)/t19-/m1/s1. The number of amides is 1. The average Bonchev–Trinajstić information content (AvgIpc) is 3.20.